The van der Waals surface area contributed by atoms with Crippen molar-refractivity contribution in [3.8, 4) is 0 Å². The lowest BCUT2D eigenvalue weighted by Crippen LogP contribution is -2.23. The summed E-state index contributed by atoms with van der Waals surface area (Å²) < 4.78 is 0. The number of hydrogen-bond acceptors (Lipinski definition) is 4. The van der Waals surface area contributed by atoms with Crippen molar-refractivity contribution >= 4 is 5.95 Å². The van der Waals surface area contributed by atoms with Gasteiger partial charge in [0.15, 0.2) is 0 Å². The fourth-order valence-electron chi connectivity index (χ4n) is 2.45. The van der Waals surface area contributed by atoms with E-state index in [1.165, 1.54) is 36.9 Å². The van der Waals surface area contributed by atoms with Gasteiger partial charge in [-0.05, 0) is 32.2 Å². The van der Waals surface area contributed by atoms with E-state index in [0.29, 0.717) is 6.04 Å². The van der Waals surface area contributed by atoms with Gasteiger partial charge in [-0.1, -0.05) is 13.3 Å². The van der Waals surface area contributed by atoms with Gasteiger partial charge in [0.25, 0.3) is 0 Å². The molecule has 0 aromatic carbocycles. The minimum absolute atomic E-state index is 0.443. The lowest BCUT2D eigenvalue weighted by Gasteiger charge is -2.19. The van der Waals surface area contributed by atoms with Gasteiger partial charge in [-0.25, -0.2) is 9.97 Å². The maximum Gasteiger partial charge on any atom is 0.225 e. The Kier molecular flexibility index (Phi) is 4.53. The molecule has 18 heavy (non-hydrogen) atoms. The fraction of sp³-hybridized carbons (Fsp3) is 0.714. The molecule has 0 amide bonds. The molecule has 1 heterocycles. The summed E-state index contributed by atoms with van der Waals surface area (Å²) in [7, 11) is 3.98. The topological polar surface area (TPSA) is 41.1 Å². The minimum Gasteiger partial charge on any atom is -0.347 e. The van der Waals surface area contributed by atoms with Crippen LogP contribution in [-0.2, 0) is 6.42 Å². The molecule has 0 bridgehead atoms. The van der Waals surface area contributed by atoms with Gasteiger partial charge < -0.3 is 10.2 Å². The highest BCUT2D eigenvalue weighted by atomic mass is 15.2. The first-order valence-corrected chi connectivity index (χ1v) is 6.99. The lowest BCUT2D eigenvalue weighted by molar-refractivity contribution is 0.488. The molecule has 1 aliphatic rings. The second-order valence-corrected chi connectivity index (χ2v) is 5.22. The number of fused-ring (bicyclic) bond motifs is 1. The molecule has 100 valence electrons. The van der Waals surface area contributed by atoms with Crippen molar-refractivity contribution in [3.05, 3.63) is 17.5 Å². The van der Waals surface area contributed by atoms with E-state index in [1.54, 1.807) is 0 Å². The van der Waals surface area contributed by atoms with Crippen molar-refractivity contribution in [2.75, 3.05) is 25.5 Å². The summed E-state index contributed by atoms with van der Waals surface area (Å²) >= 11 is 0. The Morgan fingerprint density at radius 1 is 1.39 bits per heavy atom. The number of aryl methyl sites for hydroxylation is 1. The van der Waals surface area contributed by atoms with Crippen LogP contribution in [0.3, 0.4) is 0 Å². The summed E-state index contributed by atoms with van der Waals surface area (Å²) in [6.45, 7) is 3.27. The van der Waals surface area contributed by atoms with E-state index in [0.717, 1.165) is 18.9 Å². The van der Waals surface area contributed by atoms with Crippen LogP contribution in [-0.4, -0.2) is 30.6 Å². The molecule has 1 unspecified atom stereocenters. The van der Waals surface area contributed by atoms with Crippen LogP contribution < -0.4 is 10.2 Å². The molecule has 0 saturated carbocycles. The molecule has 0 saturated heterocycles. The third-order valence-corrected chi connectivity index (χ3v) is 3.46. The number of anilines is 1. The summed E-state index contributed by atoms with van der Waals surface area (Å²) in [5.74, 6) is 0.824. The van der Waals surface area contributed by atoms with E-state index in [4.69, 9.17) is 4.98 Å². The zero-order valence-electron chi connectivity index (χ0n) is 11.7. The fourth-order valence-corrected chi connectivity index (χ4v) is 2.45. The van der Waals surface area contributed by atoms with Gasteiger partial charge in [-0.2, -0.15) is 0 Å². The molecule has 2 rings (SSSR count). The Balaban J connectivity index is 2.25. The number of aromatic nitrogens is 2. The first-order valence-electron chi connectivity index (χ1n) is 6.99. The van der Waals surface area contributed by atoms with Crippen LogP contribution in [0.25, 0.3) is 0 Å². The molecule has 1 aromatic rings. The second kappa shape index (κ2) is 6.14. The first-order chi connectivity index (χ1) is 8.72. The Bertz CT molecular complexity index is 389. The average Bonchev–Trinajstić information content (AvgIpc) is 2.57. The average molecular weight is 248 g/mol. The normalized spacial score (nSPS) is 19.2. The zero-order chi connectivity index (χ0) is 13.0. The van der Waals surface area contributed by atoms with Crippen LogP contribution in [0.15, 0.2) is 6.20 Å². The van der Waals surface area contributed by atoms with Gasteiger partial charge in [0, 0.05) is 31.9 Å². The zero-order valence-corrected chi connectivity index (χ0v) is 11.7. The van der Waals surface area contributed by atoms with E-state index >= 15 is 0 Å². The van der Waals surface area contributed by atoms with Gasteiger partial charge >= 0.3 is 0 Å². The van der Waals surface area contributed by atoms with Crippen molar-refractivity contribution in [1.82, 2.24) is 15.3 Å². The number of nitrogens with one attached hydrogen (secondary N) is 1. The molecule has 0 spiro atoms. The highest BCUT2D eigenvalue weighted by Gasteiger charge is 2.20. The van der Waals surface area contributed by atoms with E-state index in [9.17, 15) is 0 Å². The number of hydrogen-bond donors (Lipinski definition) is 1. The minimum atomic E-state index is 0.443. The smallest absolute Gasteiger partial charge is 0.225 e. The molecule has 0 fully saturated rings. The van der Waals surface area contributed by atoms with Crippen molar-refractivity contribution in [2.45, 2.75) is 45.1 Å². The van der Waals surface area contributed by atoms with Gasteiger partial charge in [-0.3, -0.25) is 0 Å². The molecule has 1 aromatic heterocycles. The molecule has 0 aliphatic heterocycles. The van der Waals surface area contributed by atoms with Crippen LogP contribution in [0.4, 0.5) is 5.95 Å². The van der Waals surface area contributed by atoms with E-state index in [-0.39, 0.29) is 0 Å². The molecule has 4 heteroatoms. The molecule has 4 nitrogen and oxygen atoms in total. The maximum atomic E-state index is 4.71. The van der Waals surface area contributed by atoms with Crippen molar-refractivity contribution < 1.29 is 0 Å². The number of nitrogens with zero attached hydrogens (tertiary/aromatic N) is 3. The van der Waals surface area contributed by atoms with Gasteiger partial charge in [0.1, 0.15) is 0 Å². The monoisotopic (exact) mass is 248 g/mol. The van der Waals surface area contributed by atoms with Crippen LogP contribution in [0.5, 0.6) is 0 Å². The second-order valence-electron chi connectivity index (χ2n) is 5.22. The maximum absolute atomic E-state index is 4.71. The highest BCUT2D eigenvalue weighted by molar-refractivity contribution is 5.33. The van der Waals surface area contributed by atoms with Gasteiger partial charge in [-0.15, -0.1) is 0 Å². The predicted octanol–water partition coefficient (Wildman–Crippen LogP) is 2.31. The summed E-state index contributed by atoms with van der Waals surface area (Å²) in [4.78, 5) is 11.1. The van der Waals surface area contributed by atoms with E-state index < -0.39 is 0 Å². The summed E-state index contributed by atoms with van der Waals surface area (Å²) in [5.41, 5.74) is 2.55. The summed E-state index contributed by atoms with van der Waals surface area (Å²) in [6.07, 6.45) is 8.00. The largest absolute Gasteiger partial charge is 0.347 e. The molecule has 1 N–H and O–H groups in total. The lowest BCUT2D eigenvalue weighted by atomic mass is 10.0. The van der Waals surface area contributed by atoms with E-state index in [1.807, 2.05) is 25.2 Å². The third kappa shape index (κ3) is 2.99. The number of rotatable bonds is 4. The molecule has 1 atom stereocenters. The summed E-state index contributed by atoms with van der Waals surface area (Å²) in [6, 6.07) is 0.443. The molecular formula is C14H24N4. The standard InChI is InChI=1S/C14H24N4/c1-4-9-15-12-7-5-6-8-13-11(12)10-16-14(17-13)18(2)3/h10,12,15H,4-9H2,1-3H3. The van der Waals surface area contributed by atoms with Gasteiger partial charge in [0.05, 0.1) is 5.69 Å². The predicted molar refractivity (Wildman–Crippen MR) is 74.9 cm³/mol. The molecule has 0 radical (unpaired) electrons. The van der Waals surface area contributed by atoms with E-state index in [2.05, 4.69) is 17.2 Å². The van der Waals surface area contributed by atoms with Crippen molar-refractivity contribution in [2.24, 2.45) is 0 Å². The SMILES string of the molecule is CCCNC1CCCCc2nc(N(C)C)ncc21. The Morgan fingerprint density at radius 3 is 2.94 bits per heavy atom. The van der Waals surface area contributed by atoms with Crippen molar-refractivity contribution in [1.29, 1.82) is 0 Å². The third-order valence-electron chi connectivity index (χ3n) is 3.46. The Hall–Kier alpha value is -1.16. The van der Waals surface area contributed by atoms with Crippen LogP contribution >= 0.6 is 0 Å². The van der Waals surface area contributed by atoms with Crippen LogP contribution in [0, 0.1) is 0 Å². The van der Waals surface area contributed by atoms with Crippen LogP contribution in [0.2, 0.25) is 0 Å². The summed E-state index contributed by atoms with van der Waals surface area (Å²) in [5, 5.41) is 3.62. The highest BCUT2D eigenvalue weighted by Crippen LogP contribution is 2.27. The molecular weight excluding hydrogens is 224 g/mol. The van der Waals surface area contributed by atoms with Gasteiger partial charge in [0.2, 0.25) is 5.95 Å². The quantitative estimate of drug-likeness (QED) is 0.830. The first kappa shape index (κ1) is 13.3. The Labute approximate surface area is 110 Å². The molecule has 1 aliphatic carbocycles. The van der Waals surface area contributed by atoms with Crippen LogP contribution in [0.1, 0.15) is 49.9 Å². The Morgan fingerprint density at radius 2 is 2.22 bits per heavy atom. The van der Waals surface area contributed by atoms with Crippen molar-refractivity contribution in [3.63, 3.8) is 0 Å².